The van der Waals surface area contributed by atoms with E-state index in [1.165, 1.54) is 0 Å². The van der Waals surface area contributed by atoms with E-state index in [2.05, 4.69) is 0 Å². The Labute approximate surface area is 98.0 Å². The molecule has 2 heterocycles. The van der Waals surface area contributed by atoms with Crippen molar-refractivity contribution in [3.05, 3.63) is 0 Å². The molecule has 0 aromatic rings. The summed E-state index contributed by atoms with van der Waals surface area (Å²) in [5, 5.41) is 0. The number of hydrogen-bond donors (Lipinski definition) is 0. The molecule has 0 spiro atoms. The molecule has 92 valence electrons. The number of methoxy groups -OCH3 is 2. The zero-order valence-electron chi connectivity index (χ0n) is 10.9. The summed E-state index contributed by atoms with van der Waals surface area (Å²) < 4.78 is 23.3. The SMILES string of the molecule is BC1O[C@]2(C(C)OC)C(OC)C1OC2(C)C. The van der Waals surface area contributed by atoms with Crippen LogP contribution in [0, 0.1) is 0 Å². The quantitative estimate of drug-likeness (QED) is 0.634. The predicted molar refractivity (Wildman–Crippen MR) is 62.4 cm³/mol. The maximum Gasteiger partial charge on any atom is 0.150 e. The van der Waals surface area contributed by atoms with Crippen LogP contribution in [0.1, 0.15) is 20.8 Å². The number of ether oxygens (including phenoxy) is 4. The third kappa shape index (κ3) is 1.26. The van der Waals surface area contributed by atoms with Crippen molar-refractivity contribution in [3.63, 3.8) is 0 Å². The van der Waals surface area contributed by atoms with Crippen molar-refractivity contribution < 1.29 is 18.9 Å². The third-order valence-electron chi connectivity index (χ3n) is 4.15. The Morgan fingerprint density at radius 1 is 1.25 bits per heavy atom. The van der Waals surface area contributed by atoms with Gasteiger partial charge >= 0.3 is 0 Å². The van der Waals surface area contributed by atoms with Gasteiger partial charge in [0.05, 0.1) is 17.7 Å². The molecule has 0 radical (unpaired) electrons. The predicted octanol–water partition coefficient (Wildman–Crippen LogP) is -0.0581. The zero-order chi connectivity index (χ0) is 12.1. The molecular weight excluding hydrogens is 207 g/mol. The molecule has 4 nitrogen and oxygen atoms in total. The summed E-state index contributed by atoms with van der Waals surface area (Å²) in [6.45, 7) is 6.10. The van der Waals surface area contributed by atoms with Crippen LogP contribution < -0.4 is 0 Å². The van der Waals surface area contributed by atoms with Crippen molar-refractivity contribution in [2.75, 3.05) is 14.2 Å². The fourth-order valence-electron chi connectivity index (χ4n) is 3.31. The smallest absolute Gasteiger partial charge is 0.150 e. The lowest BCUT2D eigenvalue weighted by Gasteiger charge is -2.46. The molecule has 0 aromatic carbocycles. The highest BCUT2D eigenvalue weighted by Crippen LogP contribution is 2.53. The normalized spacial score (nSPS) is 47.2. The van der Waals surface area contributed by atoms with Crippen LogP contribution in [0.15, 0.2) is 0 Å². The van der Waals surface area contributed by atoms with Crippen LogP contribution in [0.2, 0.25) is 0 Å². The standard InChI is InChI=1S/C11H21BO4/c1-6(13-4)11-8(14-5)7(9(12)16-11)15-10(11,2)3/h6-9H,12H2,1-5H3/t6?,7?,8?,9?,11-/m1/s1. The molecule has 0 saturated carbocycles. The molecule has 5 atom stereocenters. The van der Waals surface area contributed by atoms with Gasteiger partial charge in [0.1, 0.15) is 20.1 Å². The first-order valence-corrected chi connectivity index (χ1v) is 5.82. The Morgan fingerprint density at radius 3 is 2.38 bits per heavy atom. The lowest BCUT2D eigenvalue weighted by molar-refractivity contribution is -0.244. The average Bonchev–Trinajstić information content (AvgIpc) is 2.62. The minimum atomic E-state index is -0.513. The van der Waals surface area contributed by atoms with Crippen LogP contribution in [0.5, 0.6) is 0 Å². The van der Waals surface area contributed by atoms with Gasteiger partial charge in [0.2, 0.25) is 0 Å². The largest absolute Gasteiger partial charge is 0.379 e. The summed E-state index contributed by atoms with van der Waals surface area (Å²) in [6, 6.07) is 0.0515. The Hall–Kier alpha value is -0.0951. The Bertz CT molecular complexity index is 283. The van der Waals surface area contributed by atoms with Crippen molar-refractivity contribution in [3.8, 4) is 0 Å². The van der Waals surface area contributed by atoms with Gasteiger partial charge in [-0.2, -0.15) is 0 Å². The molecule has 2 rings (SSSR count). The molecule has 0 amide bonds. The number of fused-ring (bicyclic) bond motifs is 2. The Kier molecular flexibility index (Phi) is 2.86. The maximum atomic E-state index is 6.14. The van der Waals surface area contributed by atoms with Crippen LogP contribution in [0.25, 0.3) is 0 Å². The monoisotopic (exact) mass is 228 g/mol. The van der Waals surface area contributed by atoms with E-state index in [1.54, 1.807) is 14.2 Å². The van der Waals surface area contributed by atoms with Crippen molar-refractivity contribution in [1.82, 2.24) is 0 Å². The summed E-state index contributed by atoms with van der Waals surface area (Å²) in [4.78, 5) is 0. The van der Waals surface area contributed by atoms with E-state index in [9.17, 15) is 0 Å². The average molecular weight is 228 g/mol. The van der Waals surface area contributed by atoms with E-state index >= 15 is 0 Å². The molecule has 2 aliphatic rings. The summed E-state index contributed by atoms with van der Waals surface area (Å²) >= 11 is 0. The van der Waals surface area contributed by atoms with Crippen molar-refractivity contribution in [1.29, 1.82) is 0 Å². The summed E-state index contributed by atoms with van der Waals surface area (Å²) in [7, 11) is 5.43. The molecule has 4 unspecified atom stereocenters. The first kappa shape index (κ1) is 12.4. The van der Waals surface area contributed by atoms with E-state index in [0.717, 1.165) is 0 Å². The van der Waals surface area contributed by atoms with E-state index in [0.29, 0.717) is 0 Å². The zero-order valence-corrected chi connectivity index (χ0v) is 10.9. The summed E-state index contributed by atoms with van der Waals surface area (Å²) in [5.74, 6) is 0. The second-order valence-electron chi connectivity index (χ2n) is 5.24. The second kappa shape index (κ2) is 3.70. The van der Waals surface area contributed by atoms with Crippen LogP contribution in [0.3, 0.4) is 0 Å². The Balaban J connectivity index is 2.43. The molecule has 2 bridgehead atoms. The maximum absolute atomic E-state index is 6.14. The van der Waals surface area contributed by atoms with Gasteiger partial charge in [-0.3, -0.25) is 0 Å². The van der Waals surface area contributed by atoms with Gasteiger partial charge in [-0.15, -0.1) is 0 Å². The van der Waals surface area contributed by atoms with Crippen LogP contribution in [-0.4, -0.2) is 57.6 Å². The molecule has 5 heteroatoms. The minimum Gasteiger partial charge on any atom is -0.379 e. The fourth-order valence-corrected chi connectivity index (χ4v) is 3.31. The van der Waals surface area contributed by atoms with Gasteiger partial charge in [-0.05, 0) is 20.8 Å². The Morgan fingerprint density at radius 2 is 1.88 bits per heavy atom. The molecule has 16 heavy (non-hydrogen) atoms. The first-order chi connectivity index (χ1) is 7.40. The van der Waals surface area contributed by atoms with Crippen LogP contribution in [-0.2, 0) is 18.9 Å². The second-order valence-corrected chi connectivity index (χ2v) is 5.24. The molecular formula is C11H21BO4. The highest BCUT2D eigenvalue weighted by Gasteiger charge is 2.71. The van der Waals surface area contributed by atoms with E-state index in [1.807, 2.05) is 28.6 Å². The van der Waals surface area contributed by atoms with Gasteiger partial charge in [-0.1, -0.05) is 0 Å². The summed E-state index contributed by atoms with van der Waals surface area (Å²) in [5.41, 5.74) is -0.902. The fraction of sp³-hybridized carbons (Fsp3) is 1.00. The van der Waals surface area contributed by atoms with Gasteiger partial charge in [-0.25, -0.2) is 0 Å². The van der Waals surface area contributed by atoms with E-state index in [-0.39, 0.29) is 29.9 Å². The highest BCUT2D eigenvalue weighted by molar-refractivity contribution is 6.11. The van der Waals surface area contributed by atoms with Gasteiger partial charge in [0.15, 0.2) is 5.60 Å². The van der Waals surface area contributed by atoms with Crippen molar-refractivity contribution >= 4 is 7.85 Å². The lowest BCUT2D eigenvalue weighted by Crippen LogP contribution is -2.62. The van der Waals surface area contributed by atoms with Crippen molar-refractivity contribution in [2.45, 2.75) is 56.3 Å². The lowest BCUT2D eigenvalue weighted by atomic mass is 9.79. The van der Waals surface area contributed by atoms with Gasteiger partial charge in [0.25, 0.3) is 0 Å². The van der Waals surface area contributed by atoms with Gasteiger partial charge in [0, 0.05) is 14.2 Å². The first-order valence-electron chi connectivity index (χ1n) is 5.82. The molecule has 2 saturated heterocycles. The summed E-state index contributed by atoms with van der Waals surface area (Å²) in [6.07, 6.45) is -0.132. The highest BCUT2D eigenvalue weighted by atomic mass is 16.7. The molecule has 0 aromatic heterocycles. The van der Waals surface area contributed by atoms with Crippen molar-refractivity contribution in [2.24, 2.45) is 0 Å². The minimum absolute atomic E-state index is 0.00222. The van der Waals surface area contributed by atoms with Crippen LogP contribution in [0.4, 0.5) is 0 Å². The van der Waals surface area contributed by atoms with E-state index < -0.39 is 5.60 Å². The molecule has 0 N–H and O–H groups in total. The molecule has 2 fully saturated rings. The number of hydrogen-bond acceptors (Lipinski definition) is 4. The number of rotatable bonds is 3. The van der Waals surface area contributed by atoms with E-state index in [4.69, 9.17) is 18.9 Å². The van der Waals surface area contributed by atoms with Gasteiger partial charge < -0.3 is 18.9 Å². The molecule has 2 aliphatic heterocycles. The van der Waals surface area contributed by atoms with Crippen LogP contribution >= 0.6 is 0 Å². The topological polar surface area (TPSA) is 36.9 Å². The third-order valence-corrected chi connectivity index (χ3v) is 4.15. The molecule has 0 aliphatic carbocycles.